The van der Waals surface area contributed by atoms with Gasteiger partial charge in [0.1, 0.15) is 17.5 Å². The molecule has 1 heterocycles. The molecule has 1 aromatic rings. The normalized spacial score (nSPS) is 9.43. The molecule has 0 aliphatic heterocycles. The molecule has 0 saturated heterocycles. The second kappa shape index (κ2) is 4.84. The Balaban J connectivity index is 2.77. The third-order valence-electron chi connectivity index (χ3n) is 1.27. The van der Waals surface area contributed by atoms with Crippen molar-refractivity contribution in [2.24, 2.45) is 0 Å². The maximum atomic E-state index is 8.58. The quantitative estimate of drug-likeness (QED) is 0.628. The maximum absolute atomic E-state index is 8.58. The number of hydrogen-bond donors (Lipinski definition) is 1. The topological polar surface area (TPSA) is 75.6 Å². The molecule has 0 unspecified atom stereocenters. The van der Waals surface area contributed by atoms with Crippen molar-refractivity contribution in [1.29, 1.82) is 5.26 Å². The SMILES string of the molecule is C=C(Cl)CSc1ncc(C#N)c(N)n1. The standard InChI is InChI=1S/C8H7ClN4S/c1-5(9)4-14-8-12-3-6(2-10)7(11)13-8/h3H,1,4H2,(H2,11,12,13). The van der Waals surface area contributed by atoms with E-state index in [0.717, 1.165) is 0 Å². The Morgan fingerprint density at radius 2 is 2.50 bits per heavy atom. The number of nitrogens with zero attached hydrogens (tertiary/aromatic N) is 3. The van der Waals surface area contributed by atoms with Crippen LogP contribution >= 0.6 is 23.4 Å². The van der Waals surface area contributed by atoms with Crippen LogP contribution in [0.5, 0.6) is 0 Å². The Bertz CT molecular complexity index is 399. The van der Waals surface area contributed by atoms with Crippen LogP contribution in [-0.2, 0) is 0 Å². The number of anilines is 1. The molecule has 14 heavy (non-hydrogen) atoms. The number of nitriles is 1. The number of aromatic nitrogens is 2. The fraction of sp³-hybridized carbons (Fsp3) is 0.125. The zero-order valence-electron chi connectivity index (χ0n) is 7.20. The second-order valence-electron chi connectivity index (χ2n) is 2.37. The van der Waals surface area contributed by atoms with Crippen LogP contribution in [0, 0.1) is 11.3 Å². The molecule has 0 aliphatic carbocycles. The summed E-state index contributed by atoms with van der Waals surface area (Å²) in [5, 5.41) is 9.58. The van der Waals surface area contributed by atoms with Gasteiger partial charge in [-0.1, -0.05) is 29.9 Å². The van der Waals surface area contributed by atoms with Gasteiger partial charge in [0.2, 0.25) is 0 Å². The Labute approximate surface area is 90.8 Å². The lowest BCUT2D eigenvalue weighted by atomic mass is 10.3. The predicted octanol–water partition coefficient (Wildman–Crippen LogP) is 1.78. The van der Waals surface area contributed by atoms with Crippen LogP contribution in [0.2, 0.25) is 0 Å². The summed E-state index contributed by atoms with van der Waals surface area (Å²) in [5.41, 5.74) is 5.77. The smallest absolute Gasteiger partial charge is 0.189 e. The summed E-state index contributed by atoms with van der Waals surface area (Å²) >= 11 is 6.89. The van der Waals surface area contributed by atoms with E-state index in [-0.39, 0.29) is 11.4 Å². The summed E-state index contributed by atoms with van der Waals surface area (Å²) in [6.45, 7) is 3.53. The molecule has 2 N–H and O–H groups in total. The first-order valence-electron chi connectivity index (χ1n) is 3.62. The summed E-state index contributed by atoms with van der Waals surface area (Å²) in [6.07, 6.45) is 1.39. The van der Waals surface area contributed by atoms with E-state index in [1.807, 2.05) is 6.07 Å². The summed E-state index contributed by atoms with van der Waals surface area (Å²) in [6, 6.07) is 1.88. The van der Waals surface area contributed by atoms with Gasteiger partial charge in [-0.15, -0.1) is 0 Å². The number of hydrogen-bond acceptors (Lipinski definition) is 5. The average Bonchev–Trinajstić information content (AvgIpc) is 2.15. The number of rotatable bonds is 3. The van der Waals surface area contributed by atoms with Gasteiger partial charge in [0.05, 0.1) is 6.20 Å². The molecular formula is C8H7ClN4S. The van der Waals surface area contributed by atoms with E-state index < -0.39 is 0 Å². The minimum absolute atomic E-state index is 0.185. The molecule has 0 atom stereocenters. The van der Waals surface area contributed by atoms with Gasteiger partial charge in [0.15, 0.2) is 5.16 Å². The van der Waals surface area contributed by atoms with Crippen LogP contribution < -0.4 is 5.73 Å². The van der Waals surface area contributed by atoms with Crippen LogP contribution in [0.3, 0.4) is 0 Å². The van der Waals surface area contributed by atoms with Gasteiger partial charge < -0.3 is 5.73 Å². The highest BCUT2D eigenvalue weighted by molar-refractivity contribution is 7.99. The van der Waals surface area contributed by atoms with Gasteiger partial charge in [-0.05, 0) is 0 Å². The van der Waals surface area contributed by atoms with E-state index in [9.17, 15) is 0 Å². The molecule has 4 nitrogen and oxygen atoms in total. The van der Waals surface area contributed by atoms with Crippen molar-refractivity contribution < 1.29 is 0 Å². The molecule has 0 aliphatic rings. The lowest BCUT2D eigenvalue weighted by Crippen LogP contribution is -1.98. The predicted molar refractivity (Wildman–Crippen MR) is 56.9 cm³/mol. The molecule has 0 aromatic carbocycles. The zero-order chi connectivity index (χ0) is 10.6. The van der Waals surface area contributed by atoms with Crippen molar-refractivity contribution in [3.63, 3.8) is 0 Å². The molecule has 0 bridgehead atoms. The van der Waals surface area contributed by atoms with Crippen LogP contribution in [-0.4, -0.2) is 15.7 Å². The fourth-order valence-corrected chi connectivity index (χ4v) is 1.42. The lowest BCUT2D eigenvalue weighted by Gasteiger charge is -2.00. The van der Waals surface area contributed by atoms with Gasteiger partial charge in [-0.25, -0.2) is 9.97 Å². The number of thioether (sulfide) groups is 1. The molecule has 6 heteroatoms. The van der Waals surface area contributed by atoms with Crippen LogP contribution in [0.15, 0.2) is 23.0 Å². The third-order valence-corrected chi connectivity index (χ3v) is 2.51. The third kappa shape index (κ3) is 2.91. The fourth-order valence-electron chi connectivity index (χ4n) is 0.677. The van der Waals surface area contributed by atoms with Gasteiger partial charge in [-0.2, -0.15) is 5.26 Å². The maximum Gasteiger partial charge on any atom is 0.189 e. The molecule has 72 valence electrons. The van der Waals surface area contributed by atoms with Gasteiger partial charge in [-0.3, -0.25) is 0 Å². The van der Waals surface area contributed by atoms with E-state index in [4.69, 9.17) is 22.6 Å². The Kier molecular flexibility index (Phi) is 3.74. The largest absolute Gasteiger partial charge is 0.382 e. The summed E-state index contributed by atoms with van der Waals surface area (Å²) < 4.78 is 0. The molecule has 1 rings (SSSR count). The minimum Gasteiger partial charge on any atom is -0.382 e. The molecule has 0 spiro atoms. The van der Waals surface area contributed by atoms with Crippen LogP contribution in [0.4, 0.5) is 5.82 Å². The highest BCUT2D eigenvalue weighted by atomic mass is 35.5. The minimum atomic E-state index is 0.185. The average molecular weight is 227 g/mol. The first-order chi connectivity index (χ1) is 6.63. The van der Waals surface area contributed by atoms with Crippen molar-refractivity contribution in [2.45, 2.75) is 5.16 Å². The van der Waals surface area contributed by atoms with Crippen LogP contribution in [0.25, 0.3) is 0 Å². The molecule has 0 amide bonds. The van der Waals surface area contributed by atoms with Crippen molar-refractivity contribution in [3.05, 3.63) is 23.4 Å². The number of nitrogen functional groups attached to an aromatic ring is 1. The summed E-state index contributed by atoms with van der Waals surface area (Å²) in [5.74, 6) is 0.706. The Morgan fingerprint density at radius 3 is 3.00 bits per heavy atom. The van der Waals surface area contributed by atoms with Gasteiger partial charge in [0.25, 0.3) is 0 Å². The van der Waals surface area contributed by atoms with Gasteiger partial charge >= 0.3 is 0 Å². The molecular weight excluding hydrogens is 220 g/mol. The van der Waals surface area contributed by atoms with Crippen molar-refractivity contribution in [3.8, 4) is 6.07 Å². The first kappa shape index (κ1) is 10.8. The van der Waals surface area contributed by atoms with Gasteiger partial charge in [0, 0.05) is 10.8 Å². The molecule has 0 radical (unpaired) electrons. The molecule has 0 saturated carbocycles. The first-order valence-corrected chi connectivity index (χ1v) is 4.98. The highest BCUT2D eigenvalue weighted by Gasteiger charge is 2.03. The zero-order valence-corrected chi connectivity index (χ0v) is 8.77. The lowest BCUT2D eigenvalue weighted by molar-refractivity contribution is 0.971. The Morgan fingerprint density at radius 1 is 1.79 bits per heavy atom. The van der Waals surface area contributed by atoms with Crippen molar-refractivity contribution in [2.75, 3.05) is 11.5 Å². The van der Waals surface area contributed by atoms with E-state index in [1.165, 1.54) is 18.0 Å². The Hall–Kier alpha value is -1.25. The van der Waals surface area contributed by atoms with E-state index in [1.54, 1.807) is 0 Å². The monoisotopic (exact) mass is 226 g/mol. The summed E-state index contributed by atoms with van der Waals surface area (Å²) in [4.78, 5) is 7.86. The van der Waals surface area contributed by atoms with E-state index in [2.05, 4.69) is 16.5 Å². The molecule has 0 fully saturated rings. The number of halogens is 1. The second-order valence-corrected chi connectivity index (χ2v) is 3.85. The number of nitrogens with two attached hydrogens (primary N) is 1. The van der Waals surface area contributed by atoms with Crippen LogP contribution in [0.1, 0.15) is 5.56 Å². The van der Waals surface area contributed by atoms with E-state index in [0.29, 0.717) is 15.9 Å². The molecule has 1 aromatic heterocycles. The highest BCUT2D eigenvalue weighted by Crippen LogP contribution is 2.18. The van der Waals surface area contributed by atoms with Crippen molar-refractivity contribution >= 4 is 29.2 Å². The summed E-state index contributed by atoms with van der Waals surface area (Å²) in [7, 11) is 0. The van der Waals surface area contributed by atoms with Crippen molar-refractivity contribution in [1.82, 2.24) is 9.97 Å². The van der Waals surface area contributed by atoms with E-state index >= 15 is 0 Å².